The molecule has 2 aromatic carbocycles. The van der Waals surface area contributed by atoms with E-state index in [-0.39, 0.29) is 11.0 Å². The minimum Gasteiger partial charge on any atom is -0.308 e. The summed E-state index contributed by atoms with van der Waals surface area (Å²) in [5, 5.41) is 6.67. The first-order valence-corrected chi connectivity index (χ1v) is 9.86. The van der Waals surface area contributed by atoms with Crippen molar-refractivity contribution >= 4 is 49.9 Å². The molecule has 3 rings (SSSR count). The van der Waals surface area contributed by atoms with Crippen molar-refractivity contribution in [3.8, 4) is 0 Å². The van der Waals surface area contributed by atoms with Gasteiger partial charge in [-0.2, -0.15) is 0 Å². The van der Waals surface area contributed by atoms with Crippen molar-refractivity contribution in [1.82, 2.24) is 10.3 Å². The van der Waals surface area contributed by atoms with E-state index >= 15 is 0 Å². The molecule has 0 aliphatic rings. The summed E-state index contributed by atoms with van der Waals surface area (Å²) in [5.41, 5.74) is 3.78. The van der Waals surface area contributed by atoms with Crippen molar-refractivity contribution in [1.29, 1.82) is 0 Å². The number of benzene rings is 2. The van der Waals surface area contributed by atoms with Crippen LogP contribution in [0.25, 0.3) is 10.2 Å². The number of amides is 1. The first kappa shape index (κ1) is 18.5. The van der Waals surface area contributed by atoms with E-state index in [0.717, 1.165) is 22.2 Å². The van der Waals surface area contributed by atoms with Crippen molar-refractivity contribution in [2.24, 2.45) is 0 Å². The number of nitrogens with zero attached hydrogens (tertiary/aromatic N) is 1. The number of rotatable bonds is 5. The number of fused-ring (bicyclic) bond motifs is 1. The molecule has 0 saturated heterocycles. The van der Waals surface area contributed by atoms with Gasteiger partial charge in [-0.05, 0) is 61.3 Å². The lowest BCUT2D eigenvalue weighted by Crippen LogP contribution is -2.34. The van der Waals surface area contributed by atoms with Crippen molar-refractivity contribution in [2.75, 3.05) is 5.32 Å². The van der Waals surface area contributed by atoms with Crippen LogP contribution in [0.3, 0.4) is 0 Å². The maximum atomic E-state index is 12.3. The molecule has 0 aliphatic carbocycles. The predicted molar refractivity (Wildman–Crippen MR) is 113 cm³/mol. The lowest BCUT2D eigenvalue weighted by Gasteiger charge is -2.08. The molecule has 2 N–H and O–H groups in total. The number of hydrogen-bond acceptors (Lipinski definition) is 4. The summed E-state index contributed by atoms with van der Waals surface area (Å²) in [6, 6.07) is 13.8. The van der Waals surface area contributed by atoms with E-state index in [1.807, 2.05) is 31.2 Å². The molecule has 0 fully saturated rings. The van der Waals surface area contributed by atoms with Crippen molar-refractivity contribution < 1.29 is 4.79 Å². The lowest BCUT2D eigenvalue weighted by molar-refractivity contribution is 0.0977. The minimum atomic E-state index is -0.219. The van der Waals surface area contributed by atoms with E-state index in [4.69, 9.17) is 12.2 Å². The van der Waals surface area contributed by atoms with Crippen LogP contribution in [0.2, 0.25) is 0 Å². The van der Waals surface area contributed by atoms with E-state index in [2.05, 4.69) is 34.7 Å². The highest BCUT2D eigenvalue weighted by atomic mass is 32.1. The Labute approximate surface area is 162 Å². The molecule has 0 aliphatic heterocycles. The molecule has 3 aromatic rings. The molecule has 0 unspecified atom stereocenters. The van der Waals surface area contributed by atoms with E-state index in [1.54, 1.807) is 6.07 Å². The first-order valence-electron chi connectivity index (χ1n) is 8.64. The van der Waals surface area contributed by atoms with E-state index in [0.29, 0.717) is 10.7 Å². The summed E-state index contributed by atoms with van der Waals surface area (Å²) in [4.78, 5) is 16.9. The van der Waals surface area contributed by atoms with E-state index < -0.39 is 0 Å². The number of aryl methyl sites for hydroxylation is 2. The molecule has 0 bridgehead atoms. The molecule has 134 valence electrons. The standard InChI is InChI=1S/C20H21N3OS2/c1-3-4-8-14-10-11-16-17(12-14)26-20(21-16)23-19(25)22-18(24)15-9-6-5-7-13(15)2/h5-7,9-12H,3-4,8H2,1-2H3,(H2,21,22,23,24,25). The van der Waals surface area contributed by atoms with Crippen LogP contribution in [-0.4, -0.2) is 16.0 Å². The topological polar surface area (TPSA) is 54.0 Å². The number of thiazole rings is 1. The smallest absolute Gasteiger partial charge is 0.257 e. The third-order valence-corrected chi connectivity index (χ3v) is 5.25. The Morgan fingerprint density at radius 2 is 2.04 bits per heavy atom. The second-order valence-electron chi connectivity index (χ2n) is 6.15. The number of carbonyl (C=O) groups excluding carboxylic acids is 1. The van der Waals surface area contributed by atoms with Crippen LogP contribution in [0.1, 0.15) is 41.3 Å². The van der Waals surface area contributed by atoms with E-state index in [1.165, 1.54) is 29.7 Å². The molecule has 1 aromatic heterocycles. The van der Waals surface area contributed by atoms with Gasteiger partial charge in [0, 0.05) is 5.56 Å². The SMILES string of the molecule is CCCCc1ccc2nc(NC(=S)NC(=O)c3ccccc3C)sc2c1. The average Bonchev–Trinajstić information content (AvgIpc) is 3.01. The van der Waals surface area contributed by atoms with Crippen molar-refractivity contribution in [2.45, 2.75) is 33.1 Å². The van der Waals surface area contributed by atoms with Crippen LogP contribution < -0.4 is 10.6 Å². The van der Waals surface area contributed by atoms with Crippen LogP contribution in [0, 0.1) is 6.92 Å². The Morgan fingerprint density at radius 3 is 2.81 bits per heavy atom. The molecule has 0 radical (unpaired) electrons. The zero-order chi connectivity index (χ0) is 18.5. The lowest BCUT2D eigenvalue weighted by atomic mass is 10.1. The minimum absolute atomic E-state index is 0.219. The molecule has 1 heterocycles. The molecule has 0 saturated carbocycles. The molecule has 26 heavy (non-hydrogen) atoms. The Morgan fingerprint density at radius 1 is 1.23 bits per heavy atom. The van der Waals surface area contributed by atoms with Crippen LogP contribution in [0.5, 0.6) is 0 Å². The van der Waals surface area contributed by atoms with Gasteiger partial charge in [0.15, 0.2) is 10.2 Å². The van der Waals surface area contributed by atoms with Crippen LogP contribution in [0.15, 0.2) is 42.5 Å². The second-order valence-corrected chi connectivity index (χ2v) is 7.59. The number of carbonyl (C=O) groups is 1. The zero-order valence-electron chi connectivity index (χ0n) is 14.8. The summed E-state index contributed by atoms with van der Waals surface area (Å²) in [7, 11) is 0. The van der Waals surface area contributed by atoms with Crippen LogP contribution in [-0.2, 0) is 6.42 Å². The Bertz CT molecular complexity index is 949. The van der Waals surface area contributed by atoms with E-state index in [9.17, 15) is 4.79 Å². The molecule has 4 nitrogen and oxygen atoms in total. The molecule has 0 atom stereocenters. The van der Waals surface area contributed by atoms with Gasteiger partial charge in [0.1, 0.15) is 0 Å². The number of hydrogen-bond donors (Lipinski definition) is 2. The monoisotopic (exact) mass is 383 g/mol. The highest BCUT2D eigenvalue weighted by molar-refractivity contribution is 7.80. The van der Waals surface area contributed by atoms with Gasteiger partial charge < -0.3 is 5.32 Å². The number of thiocarbonyl (C=S) groups is 1. The Hall–Kier alpha value is -2.31. The summed E-state index contributed by atoms with van der Waals surface area (Å²) >= 11 is 6.81. The summed E-state index contributed by atoms with van der Waals surface area (Å²) in [6.07, 6.45) is 3.45. The number of aromatic nitrogens is 1. The Kier molecular flexibility index (Phi) is 5.96. The molecular weight excluding hydrogens is 362 g/mol. The van der Waals surface area contributed by atoms with Crippen molar-refractivity contribution in [3.63, 3.8) is 0 Å². The van der Waals surface area contributed by atoms with Gasteiger partial charge in [0.05, 0.1) is 10.2 Å². The fourth-order valence-corrected chi connectivity index (χ4v) is 3.87. The van der Waals surface area contributed by atoms with Gasteiger partial charge in [0.25, 0.3) is 5.91 Å². The summed E-state index contributed by atoms with van der Waals surface area (Å²) < 4.78 is 1.12. The molecule has 0 spiro atoms. The highest BCUT2D eigenvalue weighted by Gasteiger charge is 2.12. The second kappa shape index (κ2) is 8.38. The van der Waals surface area contributed by atoms with Gasteiger partial charge in [0.2, 0.25) is 0 Å². The van der Waals surface area contributed by atoms with Gasteiger partial charge in [-0.3, -0.25) is 10.1 Å². The summed E-state index contributed by atoms with van der Waals surface area (Å²) in [5.74, 6) is -0.219. The summed E-state index contributed by atoms with van der Waals surface area (Å²) in [6.45, 7) is 4.09. The third-order valence-electron chi connectivity index (χ3n) is 4.11. The Balaban J connectivity index is 1.67. The van der Waals surface area contributed by atoms with Gasteiger partial charge >= 0.3 is 0 Å². The van der Waals surface area contributed by atoms with Crippen molar-refractivity contribution in [3.05, 3.63) is 59.2 Å². The van der Waals surface area contributed by atoms with Gasteiger partial charge in [-0.25, -0.2) is 4.98 Å². The third kappa shape index (κ3) is 4.45. The normalized spacial score (nSPS) is 10.7. The maximum absolute atomic E-state index is 12.3. The number of nitrogens with one attached hydrogen (secondary N) is 2. The maximum Gasteiger partial charge on any atom is 0.257 e. The zero-order valence-corrected chi connectivity index (χ0v) is 16.5. The predicted octanol–water partition coefficient (Wildman–Crippen LogP) is 5.07. The number of anilines is 1. The first-order chi connectivity index (χ1) is 12.6. The molecule has 6 heteroatoms. The van der Waals surface area contributed by atoms with Crippen LogP contribution >= 0.6 is 23.6 Å². The fraction of sp³-hybridized carbons (Fsp3) is 0.250. The van der Waals surface area contributed by atoms with Crippen LogP contribution in [0.4, 0.5) is 5.13 Å². The number of unbranched alkanes of at least 4 members (excludes halogenated alkanes) is 1. The highest BCUT2D eigenvalue weighted by Crippen LogP contribution is 2.27. The largest absolute Gasteiger partial charge is 0.308 e. The fourth-order valence-electron chi connectivity index (χ4n) is 2.69. The molecular formula is C20H21N3OS2. The van der Waals surface area contributed by atoms with Gasteiger partial charge in [-0.1, -0.05) is 48.9 Å². The average molecular weight is 384 g/mol. The molecule has 1 amide bonds. The quantitative estimate of drug-likeness (QED) is 0.604. The van der Waals surface area contributed by atoms with Gasteiger partial charge in [-0.15, -0.1) is 0 Å².